The summed E-state index contributed by atoms with van der Waals surface area (Å²) in [4.78, 5) is 31.2. The third-order valence-electron chi connectivity index (χ3n) is 4.03. The Labute approximate surface area is 126 Å². The monoisotopic (exact) mass is 304 g/mol. The lowest BCUT2D eigenvalue weighted by atomic mass is 10.1. The highest BCUT2D eigenvalue weighted by Crippen LogP contribution is 2.33. The second kappa shape index (κ2) is 5.11. The number of aryl methyl sites for hydroxylation is 2. The maximum Gasteiger partial charge on any atom is 0.326 e. The Hall–Kier alpha value is -1.95. The molecule has 2 aromatic heterocycles. The minimum atomic E-state index is -0.922. The maximum atomic E-state index is 12.7. The molecule has 110 valence electrons. The van der Waals surface area contributed by atoms with Gasteiger partial charge in [-0.15, -0.1) is 11.3 Å². The third kappa shape index (κ3) is 2.19. The second-order valence-electron chi connectivity index (χ2n) is 5.36. The van der Waals surface area contributed by atoms with Crippen molar-refractivity contribution in [2.24, 2.45) is 0 Å². The van der Waals surface area contributed by atoms with Gasteiger partial charge in [-0.1, -0.05) is 0 Å². The van der Waals surface area contributed by atoms with Gasteiger partial charge in [-0.3, -0.25) is 4.79 Å². The highest BCUT2D eigenvalue weighted by molar-refractivity contribution is 7.20. The summed E-state index contributed by atoms with van der Waals surface area (Å²) in [5.74, 6) is -1.10. The summed E-state index contributed by atoms with van der Waals surface area (Å²) < 4.78 is 0. The largest absolute Gasteiger partial charge is 0.480 e. The van der Waals surface area contributed by atoms with Gasteiger partial charge in [-0.25, -0.2) is 9.78 Å². The van der Waals surface area contributed by atoms with E-state index in [1.807, 2.05) is 19.9 Å². The molecule has 2 aromatic rings. The van der Waals surface area contributed by atoms with Crippen LogP contribution in [-0.2, 0) is 4.79 Å². The van der Waals surface area contributed by atoms with Gasteiger partial charge < -0.3 is 10.0 Å². The Morgan fingerprint density at radius 2 is 2.19 bits per heavy atom. The number of amides is 1. The van der Waals surface area contributed by atoms with Crippen molar-refractivity contribution >= 4 is 33.4 Å². The first-order chi connectivity index (χ1) is 10.0. The number of carbonyl (C=O) groups excluding carboxylic acids is 1. The first-order valence-electron chi connectivity index (χ1n) is 6.89. The normalized spacial score (nSPS) is 18.4. The zero-order valence-electron chi connectivity index (χ0n) is 11.9. The van der Waals surface area contributed by atoms with Crippen molar-refractivity contribution in [1.82, 2.24) is 9.88 Å². The Kier molecular flexibility index (Phi) is 3.41. The number of aliphatic carboxylic acids is 1. The summed E-state index contributed by atoms with van der Waals surface area (Å²) >= 11 is 1.35. The first kappa shape index (κ1) is 14.0. The van der Waals surface area contributed by atoms with Crippen molar-refractivity contribution < 1.29 is 14.7 Å². The number of carboxylic acids is 1. The van der Waals surface area contributed by atoms with E-state index in [0.717, 1.165) is 27.8 Å². The minimum Gasteiger partial charge on any atom is -0.480 e. The van der Waals surface area contributed by atoms with Gasteiger partial charge in [-0.05, 0) is 43.9 Å². The van der Waals surface area contributed by atoms with Crippen LogP contribution in [0.5, 0.6) is 0 Å². The molecule has 1 amide bonds. The first-order valence-corrected chi connectivity index (χ1v) is 7.71. The highest BCUT2D eigenvalue weighted by Gasteiger charge is 2.35. The summed E-state index contributed by atoms with van der Waals surface area (Å²) in [6, 6.07) is 1.22. The Morgan fingerprint density at radius 1 is 1.43 bits per heavy atom. The van der Waals surface area contributed by atoms with E-state index in [1.54, 1.807) is 6.20 Å². The number of nitrogens with zero attached hydrogens (tertiary/aromatic N) is 2. The molecule has 0 aliphatic carbocycles. The standard InChI is InChI=1S/C15H16N2O3S/c1-8-5-6-16-13-11(8)9(2)12(21-13)14(18)17-7-3-4-10(17)15(19)20/h5-6,10H,3-4,7H2,1-2H3,(H,19,20). The van der Waals surface area contributed by atoms with Crippen molar-refractivity contribution in [2.75, 3.05) is 6.54 Å². The van der Waals surface area contributed by atoms with Crippen molar-refractivity contribution in [3.8, 4) is 0 Å². The number of carbonyl (C=O) groups is 2. The van der Waals surface area contributed by atoms with Gasteiger partial charge in [-0.2, -0.15) is 0 Å². The van der Waals surface area contributed by atoms with E-state index >= 15 is 0 Å². The number of hydrogen-bond donors (Lipinski definition) is 1. The fourth-order valence-electron chi connectivity index (χ4n) is 2.95. The summed E-state index contributed by atoms with van der Waals surface area (Å²) in [5.41, 5.74) is 1.99. The van der Waals surface area contributed by atoms with E-state index in [9.17, 15) is 14.7 Å². The summed E-state index contributed by atoms with van der Waals surface area (Å²) in [6.45, 7) is 4.41. The number of fused-ring (bicyclic) bond motifs is 1. The number of likely N-dealkylation sites (tertiary alicyclic amines) is 1. The predicted molar refractivity (Wildman–Crippen MR) is 80.8 cm³/mol. The van der Waals surface area contributed by atoms with E-state index in [2.05, 4.69) is 4.98 Å². The van der Waals surface area contributed by atoms with Gasteiger partial charge in [0, 0.05) is 18.1 Å². The molecule has 0 bridgehead atoms. The van der Waals surface area contributed by atoms with Crippen LogP contribution in [0.1, 0.15) is 33.6 Å². The average molecular weight is 304 g/mol. The smallest absolute Gasteiger partial charge is 0.326 e. The molecule has 21 heavy (non-hydrogen) atoms. The van der Waals surface area contributed by atoms with Crippen LogP contribution in [0.4, 0.5) is 0 Å². The number of pyridine rings is 1. The van der Waals surface area contributed by atoms with Crippen molar-refractivity contribution in [3.63, 3.8) is 0 Å². The van der Waals surface area contributed by atoms with Crippen LogP contribution in [0.15, 0.2) is 12.3 Å². The Bertz CT molecular complexity index is 738. The molecule has 1 unspecified atom stereocenters. The van der Waals surface area contributed by atoms with E-state index < -0.39 is 12.0 Å². The molecule has 1 atom stereocenters. The molecule has 1 saturated heterocycles. The van der Waals surface area contributed by atoms with Gasteiger partial charge in [0.25, 0.3) is 5.91 Å². The zero-order valence-corrected chi connectivity index (χ0v) is 12.7. The average Bonchev–Trinajstić information content (AvgIpc) is 3.04. The molecule has 5 nitrogen and oxygen atoms in total. The van der Waals surface area contributed by atoms with Crippen molar-refractivity contribution in [1.29, 1.82) is 0 Å². The van der Waals surface area contributed by atoms with Gasteiger partial charge in [0.05, 0.1) is 4.88 Å². The fourth-order valence-corrected chi connectivity index (χ4v) is 4.14. The van der Waals surface area contributed by atoms with Crippen LogP contribution in [0.3, 0.4) is 0 Å². The van der Waals surface area contributed by atoms with Crippen LogP contribution in [0.25, 0.3) is 10.2 Å². The van der Waals surface area contributed by atoms with Gasteiger partial charge in [0.1, 0.15) is 10.9 Å². The van der Waals surface area contributed by atoms with Gasteiger partial charge >= 0.3 is 5.97 Å². The van der Waals surface area contributed by atoms with Crippen molar-refractivity contribution in [3.05, 3.63) is 28.3 Å². The molecule has 0 radical (unpaired) electrons. The lowest BCUT2D eigenvalue weighted by Crippen LogP contribution is -2.40. The number of thiophene rings is 1. The number of aromatic nitrogens is 1. The molecule has 1 aliphatic rings. The molecule has 1 aliphatic heterocycles. The predicted octanol–water partition coefficient (Wildman–Crippen LogP) is 2.60. The summed E-state index contributed by atoms with van der Waals surface area (Å²) in [7, 11) is 0. The molecule has 0 saturated carbocycles. The fraction of sp³-hybridized carbons (Fsp3) is 0.400. The molecule has 3 rings (SSSR count). The molecule has 6 heteroatoms. The van der Waals surface area contributed by atoms with Gasteiger partial charge in [0.15, 0.2) is 0 Å². The molecule has 3 heterocycles. The lowest BCUT2D eigenvalue weighted by molar-refractivity contribution is -0.141. The topological polar surface area (TPSA) is 70.5 Å². The molecular formula is C15H16N2O3S. The molecule has 1 N–H and O–H groups in total. The molecule has 1 fully saturated rings. The maximum absolute atomic E-state index is 12.7. The third-order valence-corrected chi connectivity index (χ3v) is 5.22. The van der Waals surface area contributed by atoms with Crippen LogP contribution >= 0.6 is 11.3 Å². The summed E-state index contributed by atoms with van der Waals surface area (Å²) in [5, 5.41) is 10.2. The quantitative estimate of drug-likeness (QED) is 0.926. The van der Waals surface area contributed by atoms with Crippen molar-refractivity contribution in [2.45, 2.75) is 32.7 Å². The lowest BCUT2D eigenvalue weighted by Gasteiger charge is -2.21. The van der Waals surface area contributed by atoms with Crippen LogP contribution < -0.4 is 0 Å². The van der Waals surface area contributed by atoms with E-state index in [1.165, 1.54) is 16.2 Å². The van der Waals surface area contributed by atoms with E-state index in [4.69, 9.17) is 0 Å². The number of rotatable bonds is 2. The number of hydrogen-bond acceptors (Lipinski definition) is 4. The van der Waals surface area contributed by atoms with Gasteiger partial charge in [0.2, 0.25) is 0 Å². The van der Waals surface area contributed by atoms with E-state index in [-0.39, 0.29) is 5.91 Å². The minimum absolute atomic E-state index is 0.181. The highest BCUT2D eigenvalue weighted by atomic mass is 32.1. The van der Waals surface area contributed by atoms with E-state index in [0.29, 0.717) is 17.8 Å². The molecular weight excluding hydrogens is 288 g/mol. The second-order valence-corrected chi connectivity index (χ2v) is 6.36. The summed E-state index contributed by atoms with van der Waals surface area (Å²) in [6.07, 6.45) is 3.00. The zero-order chi connectivity index (χ0) is 15.1. The number of carboxylic acid groups (broad SMARTS) is 1. The molecule has 0 aromatic carbocycles. The van der Waals surface area contributed by atoms with Crippen LogP contribution in [0.2, 0.25) is 0 Å². The van der Waals surface area contributed by atoms with Crippen LogP contribution in [-0.4, -0.2) is 39.5 Å². The molecule has 0 spiro atoms. The Balaban J connectivity index is 2.04. The van der Waals surface area contributed by atoms with Crippen LogP contribution in [0, 0.1) is 13.8 Å². The Morgan fingerprint density at radius 3 is 2.86 bits per heavy atom. The SMILES string of the molecule is Cc1ccnc2sc(C(=O)N3CCCC3C(=O)O)c(C)c12.